The summed E-state index contributed by atoms with van der Waals surface area (Å²) in [5.41, 5.74) is 10.2. The third kappa shape index (κ3) is 7.65. The molecule has 3 atom stereocenters. The van der Waals surface area contributed by atoms with Gasteiger partial charge >= 0.3 is 5.97 Å². The average Bonchev–Trinajstić information content (AvgIpc) is 2.33. The van der Waals surface area contributed by atoms with Crippen molar-refractivity contribution in [1.82, 2.24) is 5.32 Å². The second-order valence-electron chi connectivity index (χ2n) is 6.18. The summed E-state index contributed by atoms with van der Waals surface area (Å²) in [4.78, 5) is 35.1. The Kier molecular flexibility index (Phi) is 7.35. The van der Waals surface area contributed by atoms with Crippen LogP contribution in [0.4, 0.5) is 0 Å². The van der Waals surface area contributed by atoms with Crippen molar-refractivity contribution in [1.29, 1.82) is 0 Å². The molecule has 0 aromatic carbocycles. The first-order valence-corrected chi connectivity index (χ1v) is 7.05. The largest absolute Gasteiger partial charge is 0.458 e. The maximum absolute atomic E-state index is 12.0. The van der Waals surface area contributed by atoms with Crippen LogP contribution >= 0.6 is 0 Å². The van der Waals surface area contributed by atoms with Gasteiger partial charge in [0.2, 0.25) is 11.8 Å². The Bertz CT molecular complexity index is 390. The van der Waals surface area contributed by atoms with Crippen molar-refractivity contribution in [3.8, 4) is 0 Å². The van der Waals surface area contributed by atoms with Crippen molar-refractivity contribution in [2.45, 2.75) is 65.1 Å². The molecule has 0 heterocycles. The van der Waals surface area contributed by atoms with Gasteiger partial charge in [0.15, 0.2) is 0 Å². The molecule has 7 nitrogen and oxygen atoms in total. The van der Waals surface area contributed by atoms with Gasteiger partial charge in [-0.25, -0.2) is 4.79 Å². The summed E-state index contributed by atoms with van der Waals surface area (Å²) < 4.78 is 5.17. The van der Waals surface area contributed by atoms with E-state index < -0.39 is 35.5 Å². The summed E-state index contributed by atoms with van der Waals surface area (Å²) in [7, 11) is 0. The van der Waals surface area contributed by atoms with Gasteiger partial charge in [-0.05, 0) is 26.7 Å². The predicted octanol–water partition coefficient (Wildman–Crippen LogP) is 0.0617. The summed E-state index contributed by atoms with van der Waals surface area (Å²) in [6.45, 7) is 8.82. The van der Waals surface area contributed by atoms with E-state index in [2.05, 4.69) is 5.32 Å². The molecule has 0 aliphatic carbocycles. The van der Waals surface area contributed by atoms with Crippen molar-refractivity contribution >= 4 is 17.8 Å². The molecule has 0 saturated heterocycles. The zero-order valence-electron chi connectivity index (χ0n) is 13.4. The first-order chi connectivity index (χ1) is 9.47. The number of amides is 2. The van der Waals surface area contributed by atoms with Crippen molar-refractivity contribution in [2.75, 3.05) is 0 Å². The highest BCUT2D eigenvalue weighted by molar-refractivity contribution is 5.90. The molecular weight excluding hydrogens is 274 g/mol. The molecule has 0 saturated carbocycles. The molecule has 0 aliphatic heterocycles. The van der Waals surface area contributed by atoms with E-state index in [1.54, 1.807) is 20.8 Å². The summed E-state index contributed by atoms with van der Waals surface area (Å²) in [5.74, 6) is -1.95. The van der Waals surface area contributed by atoms with E-state index in [4.69, 9.17) is 16.2 Å². The Labute approximate surface area is 125 Å². The van der Waals surface area contributed by atoms with Crippen LogP contribution in [0.1, 0.15) is 47.5 Å². The molecule has 0 bridgehead atoms. The van der Waals surface area contributed by atoms with Gasteiger partial charge in [-0.15, -0.1) is 0 Å². The average molecular weight is 301 g/mol. The first kappa shape index (κ1) is 19.4. The number of esters is 1. The van der Waals surface area contributed by atoms with Gasteiger partial charge in [0, 0.05) is 0 Å². The van der Waals surface area contributed by atoms with E-state index in [1.807, 2.05) is 13.8 Å². The van der Waals surface area contributed by atoms with Crippen molar-refractivity contribution in [3.63, 3.8) is 0 Å². The Morgan fingerprint density at radius 2 is 1.76 bits per heavy atom. The zero-order valence-corrected chi connectivity index (χ0v) is 13.4. The molecule has 0 aromatic rings. The molecular formula is C14H27N3O4. The zero-order chi connectivity index (χ0) is 16.8. The highest BCUT2D eigenvalue weighted by Gasteiger charge is 2.30. The SMILES string of the molecule is CC[C@H](C)[C@H](N)C(=O)N[C@@H](CC(N)=O)C(=O)OC(C)(C)C. The summed E-state index contributed by atoms with van der Waals surface area (Å²) in [6, 6.07) is -1.88. The Morgan fingerprint density at radius 1 is 1.24 bits per heavy atom. The highest BCUT2D eigenvalue weighted by Crippen LogP contribution is 2.11. The lowest BCUT2D eigenvalue weighted by atomic mass is 9.99. The third-order valence-corrected chi connectivity index (χ3v) is 2.97. The number of carbonyl (C=O) groups is 3. The first-order valence-electron chi connectivity index (χ1n) is 7.05. The van der Waals surface area contributed by atoms with Crippen molar-refractivity contribution < 1.29 is 19.1 Å². The number of carbonyl (C=O) groups excluding carboxylic acids is 3. The molecule has 0 unspecified atom stereocenters. The van der Waals surface area contributed by atoms with Gasteiger partial charge < -0.3 is 21.5 Å². The van der Waals surface area contributed by atoms with E-state index in [1.165, 1.54) is 0 Å². The minimum Gasteiger partial charge on any atom is -0.458 e. The second kappa shape index (κ2) is 7.97. The van der Waals surface area contributed by atoms with E-state index in [-0.39, 0.29) is 12.3 Å². The van der Waals surface area contributed by atoms with E-state index in [9.17, 15) is 14.4 Å². The lowest BCUT2D eigenvalue weighted by Gasteiger charge is -2.25. The number of hydrogen-bond acceptors (Lipinski definition) is 5. The Balaban J connectivity index is 4.88. The van der Waals surface area contributed by atoms with Crippen LogP contribution in [0.15, 0.2) is 0 Å². The minimum absolute atomic E-state index is 0.0436. The van der Waals surface area contributed by atoms with Crippen LogP contribution in [0.3, 0.4) is 0 Å². The second-order valence-corrected chi connectivity index (χ2v) is 6.18. The molecule has 0 aromatic heterocycles. The molecule has 0 aliphatic rings. The fraction of sp³-hybridized carbons (Fsp3) is 0.786. The molecule has 122 valence electrons. The monoisotopic (exact) mass is 301 g/mol. The fourth-order valence-corrected chi connectivity index (χ4v) is 1.55. The van der Waals surface area contributed by atoms with Gasteiger partial charge in [-0.2, -0.15) is 0 Å². The van der Waals surface area contributed by atoms with Gasteiger partial charge in [0.25, 0.3) is 0 Å². The number of hydrogen-bond donors (Lipinski definition) is 3. The summed E-state index contributed by atoms with van der Waals surface area (Å²) in [6.07, 6.45) is 0.398. The highest BCUT2D eigenvalue weighted by atomic mass is 16.6. The number of primary amides is 1. The molecule has 5 N–H and O–H groups in total. The topological polar surface area (TPSA) is 125 Å². The maximum Gasteiger partial charge on any atom is 0.329 e. The van der Waals surface area contributed by atoms with Crippen molar-refractivity contribution in [3.05, 3.63) is 0 Å². The molecule has 21 heavy (non-hydrogen) atoms. The number of nitrogens with two attached hydrogens (primary N) is 2. The molecule has 7 heteroatoms. The maximum atomic E-state index is 12.0. The quantitative estimate of drug-likeness (QED) is 0.573. The van der Waals surface area contributed by atoms with E-state index >= 15 is 0 Å². The molecule has 0 rings (SSSR count). The fourth-order valence-electron chi connectivity index (χ4n) is 1.55. The Hall–Kier alpha value is -1.63. The molecule has 0 radical (unpaired) electrons. The van der Waals surface area contributed by atoms with Crippen molar-refractivity contribution in [2.24, 2.45) is 17.4 Å². The molecule has 0 fully saturated rings. The van der Waals surface area contributed by atoms with Crippen LogP contribution in [0.25, 0.3) is 0 Å². The number of ether oxygens (including phenoxy) is 1. The normalized spacial score (nSPS) is 15.7. The van der Waals surface area contributed by atoms with Gasteiger partial charge in [-0.3, -0.25) is 9.59 Å². The molecule has 2 amide bonds. The van der Waals surface area contributed by atoms with E-state index in [0.717, 1.165) is 6.42 Å². The standard InChI is InChI=1S/C14H27N3O4/c1-6-8(2)11(16)12(19)17-9(7-10(15)18)13(20)21-14(3,4)5/h8-9,11H,6-7,16H2,1-5H3,(H2,15,18)(H,17,19)/t8-,9-,11-/m0/s1. The Morgan fingerprint density at radius 3 is 2.14 bits per heavy atom. The smallest absolute Gasteiger partial charge is 0.329 e. The van der Waals surface area contributed by atoms with E-state index in [0.29, 0.717) is 0 Å². The number of nitrogens with one attached hydrogen (secondary N) is 1. The molecule has 0 spiro atoms. The summed E-state index contributed by atoms with van der Waals surface area (Å²) >= 11 is 0. The third-order valence-electron chi connectivity index (χ3n) is 2.97. The van der Waals surface area contributed by atoms with Crippen LogP contribution in [0.5, 0.6) is 0 Å². The van der Waals surface area contributed by atoms with Crippen LogP contribution in [0, 0.1) is 5.92 Å². The van der Waals surface area contributed by atoms with Gasteiger partial charge in [0.05, 0.1) is 12.5 Å². The minimum atomic E-state index is -1.12. The van der Waals surface area contributed by atoms with Gasteiger partial charge in [-0.1, -0.05) is 20.3 Å². The van der Waals surface area contributed by atoms with Crippen LogP contribution in [-0.4, -0.2) is 35.5 Å². The van der Waals surface area contributed by atoms with Crippen LogP contribution in [-0.2, 0) is 19.1 Å². The van der Waals surface area contributed by atoms with Gasteiger partial charge in [0.1, 0.15) is 11.6 Å². The number of rotatable bonds is 7. The lowest BCUT2D eigenvalue weighted by molar-refractivity contribution is -0.159. The lowest BCUT2D eigenvalue weighted by Crippen LogP contribution is -2.52. The summed E-state index contributed by atoms with van der Waals surface area (Å²) in [5, 5.41) is 2.45. The van der Waals surface area contributed by atoms with Crippen LogP contribution in [0.2, 0.25) is 0 Å². The predicted molar refractivity (Wildman–Crippen MR) is 79.0 cm³/mol. The van der Waals surface area contributed by atoms with Crippen LogP contribution < -0.4 is 16.8 Å².